The maximum absolute atomic E-state index is 6.18. The summed E-state index contributed by atoms with van der Waals surface area (Å²) in [6.45, 7) is 3.58. The average Bonchev–Trinajstić information content (AvgIpc) is 3.22. The zero-order valence-electron chi connectivity index (χ0n) is 31.1. The van der Waals surface area contributed by atoms with Crippen molar-refractivity contribution >= 4 is 114 Å². The van der Waals surface area contributed by atoms with Gasteiger partial charge < -0.3 is 35.8 Å². The van der Waals surface area contributed by atoms with E-state index in [2.05, 4.69) is 51.0 Å². The van der Waals surface area contributed by atoms with Crippen LogP contribution < -0.4 is 35.8 Å². The van der Waals surface area contributed by atoms with E-state index < -0.39 is 0 Å². The molecule has 4 N–H and O–H groups in total. The number of aromatic nitrogens is 4. The van der Waals surface area contributed by atoms with Crippen molar-refractivity contribution in [3.8, 4) is 5.75 Å². The van der Waals surface area contributed by atoms with E-state index in [0.717, 1.165) is 102 Å². The molecule has 0 amide bonds. The van der Waals surface area contributed by atoms with Crippen molar-refractivity contribution in [2.75, 3.05) is 53.7 Å². The molecule has 0 spiro atoms. The Balaban J connectivity index is 0.000000174. The van der Waals surface area contributed by atoms with Gasteiger partial charge in [-0.3, -0.25) is 0 Å². The number of ether oxygens (including phenoxy) is 1. The molecule has 0 saturated carbocycles. The van der Waals surface area contributed by atoms with Crippen molar-refractivity contribution in [3.05, 3.63) is 113 Å². The standard InChI is InChI=1S/C21H22ClN5OS.C20H19Cl2N5S/c1-28-17-5-3-15(4-6-17)25-21(29)26-16-8-10-27(11-9-16)20-18-7-2-14(22)12-19(18)23-13-24-20;21-13-5-6-15-18(11-13)23-12-24-19(15)27-9-7-14(8-10-27)25-20(28)26-17-4-2-1-3-16(17)22/h2-7,12-13,16H,8-11H2,1H3,(H2,25,26,29);1-6,11-12,14H,7-10H2,(H2,25,26,28). The minimum atomic E-state index is 0.307. The maximum atomic E-state index is 6.18. The van der Waals surface area contributed by atoms with Gasteiger partial charge in [-0.15, -0.1) is 0 Å². The van der Waals surface area contributed by atoms with Gasteiger partial charge in [-0.05, 0) is 123 Å². The molecule has 4 aromatic carbocycles. The van der Waals surface area contributed by atoms with Crippen molar-refractivity contribution in [1.29, 1.82) is 0 Å². The van der Waals surface area contributed by atoms with Crippen LogP contribution in [0.15, 0.2) is 97.6 Å². The molecule has 2 aliphatic heterocycles. The zero-order valence-corrected chi connectivity index (χ0v) is 35.0. The molecule has 16 heteroatoms. The molecule has 6 aromatic rings. The number of hydrogen-bond donors (Lipinski definition) is 4. The Bertz CT molecular complexity index is 2340. The van der Waals surface area contributed by atoms with Crippen LogP contribution in [0.2, 0.25) is 15.1 Å². The fourth-order valence-electron chi connectivity index (χ4n) is 6.94. The van der Waals surface area contributed by atoms with Gasteiger partial charge in [0, 0.05) is 64.8 Å². The minimum absolute atomic E-state index is 0.307. The summed E-state index contributed by atoms with van der Waals surface area (Å²) >= 11 is 29.3. The second-order valence-electron chi connectivity index (χ2n) is 13.6. The molecule has 2 fully saturated rings. The largest absolute Gasteiger partial charge is 0.497 e. The highest BCUT2D eigenvalue weighted by atomic mass is 35.5. The quantitative estimate of drug-likeness (QED) is 0.115. The number of nitrogens with zero attached hydrogens (tertiary/aromatic N) is 6. The summed E-state index contributed by atoms with van der Waals surface area (Å²) in [6.07, 6.45) is 7.08. The molecule has 0 bridgehead atoms. The molecule has 0 atom stereocenters. The van der Waals surface area contributed by atoms with Crippen LogP contribution in [0.4, 0.5) is 23.0 Å². The normalized spacial score (nSPS) is 14.7. The number of para-hydroxylation sites is 1. The SMILES string of the molecule is COc1ccc(NC(=S)NC2CCN(c3ncnc4cc(Cl)ccc34)CC2)cc1.S=C(Nc1ccccc1Cl)NC1CCN(c2ncnc3cc(Cl)ccc23)CC1. The zero-order chi connectivity index (χ0) is 39.7. The van der Waals surface area contributed by atoms with Gasteiger partial charge in [-0.25, -0.2) is 19.9 Å². The fourth-order valence-corrected chi connectivity index (χ4v) is 8.02. The van der Waals surface area contributed by atoms with Gasteiger partial charge in [-0.2, -0.15) is 0 Å². The van der Waals surface area contributed by atoms with E-state index in [1.54, 1.807) is 19.8 Å². The summed E-state index contributed by atoms with van der Waals surface area (Å²) in [6, 6.07) is 27.4. The van der Waals surface area contributed by atoms with Gasteiger partial charge in [0.1, 0.15) is 30.0 Å². The summed E-state index contributed by atoms with van der Waals surface area (Å²) in [5, 5.41) is 18.5. The molecule has 2 saturated heterocycles. The highest BCUT2D eigenvalue weighted by molar-refractivity contribution is 7.80. The highest BCUT2D eigenvalue weighted by Crippen LogP contribution is 2.29. The van der Waals surface area contributed by atoms with Crippen LogP contribution in [0.3, 0.4) is 0 Å². The van der Waals surface area contributed by atoms with Crippen LogP contribution >= 0.6 is 59.2 Å². The third-order valence-electron chi connectivity index (χ3n) is 9.88. The first-order valence-electron chi connectivity index (χ1n) is 18.6. The van der Waals surface area contributed by atoms with Gasteiger partial charge in [0.2, 0.25) is 0 Å². The Labute approximate surface area is 357 Å². The molecular formula is C41H41Cl3N10OS2. The van der Waals surface area contributed by atoms with Crippen LogP contribution in [0.5, 0.6) is 5.75 Å². The second-order valence-corrected chi connectivity index (χ2v) is 15.7. The predicted octanol–water partition coefficient (Wildman–Crippen LogP) is 9.14. The van der Waals surface area contributed by atoms with E-state index in [1.807, 2.05) is 84.9 Å². The average molecular weight is 860 g/mol. The van der Waals surface area contributed by atoms with E-state index in [0.29, 0.717) is 37.4 Å². The summed E-state index contributed by atoms with van der Waals surface area (Å²) < 4.78 is 5.18. The van der Waals surface area contributed by atoms with E-state index in [1.165, 1.54) is 0 Å². The third-order valence-corrected chi connectivity index (χ3v) is 11.1. The lowest BCUT2D eigenvalue weighted by Gasteiger charge is -2.34. The van der Waals surface area contributed by atoms with Crippen molar-refractivity contribution in [2.24, 2.45) is 0 Å². The molecular weight excluding hydrogens is 819 g/mol. The molecule has 57 heavy (non-hydrogen) atoms. The molecule has 2 aromatic heterocycles. The fraction of sp³-hybridized carbons (Fsp3) is 0.268. The smallest absolute Gasteiger partial charge is 0.171 e. The van der Waals surface area contributed by atoms with Gasteiger partial charge in [0.05, 0.1) is 28.9 Å². The molecule has 0 radical (unpaired) electrons. The lowest BCUT2D eigenvalue weighted by Crippen LogP contribution is -2.46. The molecule has 0 aliphatic carbocycles. The van der Waals surface area contributed by atoms with Gasteiger partial charge in [0.25, 0.3) is 0 Å². The number of halogens is 3. The Hall–Kier alpha value is -4.79. The predicted molar refractivity (Wildman–Crippen MR) is 243 cm³/mol. The van der Waals surface area contributed by atoms with Crippen molar-refractivity contribution in [3.63, 3.8) is 0 Å². The van der Waals surface area contributed by atoms with E-state index >= 15 is 0 Å². The highest BCUT2D eigenvalue weighted by Gasteiger charge is 2.24. The second kappa shape index (κ2) is 19.1. The Morgan fingerprint density at radius 2 is 1.12 bits per heavy atom. The third kappa shape index (κ3) is 10.6. The number of nitrogens with one attached hydrogen (secondary N) is 4. The lowest BCUT2D eigenvalue weighted by atomic mass is 10.0. The number of hydrogen-bond acceptors (Lipinski definition) is 9. The molecule has 11 nitrogen and oxygen atoms in total. The summed E-state index contributed by atoms with van der Waals surface area (Å²) in [7, 11) is 1.65. The lowest BCUT2D eigenvalue weighted by molar-refractivity contribution is 0.415. The van der Waals surface area contributed by atoms with E-state index in [-0.39, 0.29) is 0 Å². The number of thiocarbonyl (C=S) groups is 2. The summed E-state index contributed by atoms with van der Waals surface area (Å²) in [5.41, 5.74) is 3.48. The maximum Gasteiger partial charge on any atom is 0.171 e. The Morgan fingerprint density at radius 3 is 1.61 bits per heavy atom. The van der Waals surface area contributed by atoms with Crippen LogP contribution in [-0.4, -0.2) is 75.5 Å². The molecule has 8 rings (SSSR count). The number of methoxy groups -OCH3 is 1. The number of piperidine rings is 2. The van der Waals surface area contributed by atoms with Crippen molar-refractivity contribution in [1.82, 2.24) is 30.6 Å². The van der Waals surface area contributed by atoms with Crippen molar-refractivity contribution < 1.29 is 4.74 Å². The molecule has 0 unspecified atom stereocenters. The first kappa shape index (κ1) is 40.4. The molecule has 4 heterocycles. The van der Waals surface area contributed by atoms with Gasteiger partial charge in [0.15, 0.2) is 10.2 Å². The van der Waals surface area contributed by atoms with Crippen LogP contribution in [0, 0.1) is 0 Å². The first-order chi connectivity index (χ1) is 27.7. The Morgan fingerprint density at radius 1 is 0.632 bits per heavy atom. The minimum Gasteiger partial charge on any atom is -0.497 e. The number of fused-ring (bicyclic) bond motifs is 2. The van der Waals surface area contributed by atoms with Crippen LogP contribution in [0.1, 0.15) is 25.7 Å². The van der Waals surface area contributed by atoms with E-state index in [9.17, 15) is 0 Å². The molecule has 2 aliphatic rings. The summed E-state index contributed by atoms with van der Waals surface area (Å²) in [5.74, 6) is 2.74. The van der Waals surface area contributed by atoms with E-state index in [4.69, 9.17) is 64.0 Å². The summed E-state index contributed by atoms with van der Waals surface area (Å²) in [4.78, 5) is 22.3. The topological polar surface area (TPSA) is 115 Å². The number of anilines is 4. The van der Waals surface area contributed by atoms with Gasteiger partial charge >= 0.3 is 0 Å². The van der Waals surface area contributed by atoms with Gasteiger partial charge in [-0.1, -0.05) is 46.9 Å². The number of rotatable bonds is 7. The Kier molecular flexibility index (Phi) is 13.5. The number of benzene rings is 4. The first-order valence-corrected chi connectivity index (χ1v) is 20.5. The van der Waals surface area contributed by atoms with Crippen molar-refractivity contribution in [2.45, 2.75) is 37.8 Å². The monoisotopic (exact) mass is 858 g/mol. The molecule has 294 valence electrons. The van der Waals surface area contributed by atoms with Crippen LogP contribution in [-0.2, 0) is 0 Å². The van der Waals surface area contributed by atoms with Crippen LogP contribution in [0.25, 0.3) is 21.8 Å².